The highest BCUT2D eigenvalue weighted by molar-refractivity contribution is 14.1. The number of pyridine rings is 1. The molecule has 1 aromatic carbocycles. The number of rotatable bonds is 3. The second-order valence-electron chi connectivity index (χ2n) is 6.38. The van der Waals surface area contributed by atoms with Gasteiger partial charge in [-0.3, -0.25) is 4.90 Å². The first-order chi connectivity index (χ1) is 11.2. The zero-order valence-electron chi connectivity index (χ0n) is 14.3. The first kappa shape index (κ1) is 18.4. The van der Waals surface area contributed by atoms with Crippen molar-refractivity contribution in [2.24, 2.45) is 0 Å². The molecule has 0 saturated carbocycles. The maximum Gasteiger partial charge on any atom is 0.414 e. The third-order valence-electron chi connectivity index (χ3n) is 3.17. The number of nitrogens with zero attached hydrogens (tertiary/aromatic N) is 2. The molecule has 4 nitrogen and oxygen atoms in total. The standard InChI is InChI=1S/C19H21IN2O2/c1-19(2,3)24-18(23)22(4)16-10-7-14(8-11-16)5-6-15-9-12-17(20)21-13-15/h5-13H,1-4H3/b6-5+. The molecule has 0 fully saturated rings. The van der Waals surface area contributed by atoms with E-state index in [-0.39, 0.29) is 6.09 Å². The number of amides is 1. The van der Waals surface area contributed by atoms with Gasteiger partial charge in [0, 0.05) is 18.9 Å². The summed E-state index contributed by atoms with van der Waals surface area (Å²) in [4.78, 5) is 17.8. The van der Waals surface area contributed by atoms with Gasteiger partial charge in [0.1, 0.15) is 9.30 Å². The van der Waals surface area contributed by atoms with E-state index in [1.807, 2.05) is 75.5 Å². The summed E-state index contributed by atoms with van der Waals surface area (Å²) in [6.45, 7) is 5.56. The van der Waals surface area contributed by atoms with Crippen molar-refractivity contribution in [2.45, 2.75) is 26.4 Å². The summed E-state index contributed by atoms with van der Waals surface area (Å²) in [5.74, 6) is 0. The lowest BCUT2D eigenvalue weighted by Gasteiger charge is -2.24. The van der Waals surface area contributed by atoms with E-state index in [0.717, 1.165) is 20.5 Å². The number of hydrogen-bond donors (Lipinski definition) is 0. The van der Waals surface area contributed by atoms with Gasteiger partial charge in [-0.15, -0.1) is 0 Å². The monoisotopic (exact) mass is 436 g/mol. The van der Waals surface area contributed by atoms with Crippen LogP contribution in [0.5, 0.6) is 0 Å². The van der Waals surface area contributed by atoms with Gasteiger partial charge in [-0.2, -0.15) is 0 Å². The average Bonchev–Trinajstić information content (AvgIpc) is 2.52. The summed E-state index contributed by atoms with van der Waals surface area (Å²) < 4.78 is 6.34. The molecule has 1 aromatic heterocycles. The molecular weight excluding hydrogens is 415 g/mol. The second-order valence-corrected chi connectivity index (χ2v) is 7.48. The van der Waals surface area contributed by atoms with Gasteiger partial charge in [0.15, 0.2) is 0 Å². The van der Waals surface area contributed by atoms with Gasteiger partial charge >= 0.3 is 6.09 Å². The molecule has 1 amide bonds. The quantitative estimate of drug-likeness (QED) is 0.489. The topological polar surface area (TPSA) is 42.4 Å². The van der Waals surface area contributed by atoms with Gasteiger partial charge in [-0.05, 0) is 72.7 Å². The Balaban J connectivity index is 2.04. The van der Waals surface area contributed by atoms with E-state index in [4.69, 9.17) is 4.74 Å². The minimum Gasteiger partial charge on any atom is -0.443 e. The summed E-state index contributed by atoms with van der Waals surface area (Å²) in [5.41, 5.74) is 2.38. The SMILES string of the molecule is CN(C(=O)OC(C)(C)C)c1ccc(/C=C/c2ccc(I)nc2)cc1. The summed E-state index contributed by atoms with van der Waals surface area (Å²) in [5, 5.41) is 0. The Labute approximate surface area is 156 Å². The third kappa shape index (κ3) is 5.63. The zero-order chi connectivity index (χ0) is 17.7. The maximum absolute atomic E-state index is 12.1. The average molecular weight is 436 g/mol. The van der Waals surface area contributed by atoms with Crippen molar-refractivity contribution in [3.8, 4) is 0 Å². The molecule has 0 N–H and O–H groups in total. The van der Waals surface area contributed by atoms with Gasteiger partial charge in [0.2, 0.25) is 0 Å². The number of halogens is 1. The van der Waals surface area contributed by atoms with Crippen LogP contribution in [0.4, 0.5) is 10.5 Å². The molecule has 0 atom stereocenters. The lowest BCUT2D eigenvalue weighted by Crippen LogP contribution is -2.34. The maximum atomic E-state index is 12.1. The Hall–Kier alpha value is -1.89. The Morgan fingerprint density at radius 2 is 1.67 bits per heavy atom. The Morgan fingerprint density at radius 1 is 1.08 bits per heavy atom. The molecule has 0 saturated heterocycles. The van der Waals surface area contributed by atoms with Crippen LogP contribution >= 0.6 is 22.6 Å². The summed E-state index contributed by atoms with van der Waals surface area (Å²) >= 11 is 2.18. The minimum absolute atomic E-state index is 0.365. The molecule has 2 aromatic rings. The number of carbonyl (C=O) groups is 1. The highest BCUT2D eigenvalue weighted by Crippen LogP contribution is 2.18. The van der Waals surface area contributed by atoms with Crippen LogP contribution in [0.25, 0.3) is 12.2 Å². The predicted molar refractivity (Wildman–Crippen MR) is 107 cm³/mol. The molecule has 24 heavy (non-hydrogen) atoms. The number of anilines is 1. The number of hydrogen-bond acceptors (Lipinski definition) is 3. The molecule has 0 bridgehead atoms. The molecule has 0 radical (unpaired) electrons. The van der Waals surface area contributed by atoms with Crippen molar-refractivity contribution in [3.05, 3.63) is 57.4 Å². The van der Waals surface area contributed by atoms with E-state index in [2.05, 4.69) is 27.6 Å². The highest BCUT2D eigenvalue weighted by atomic mass is 127. The van der Waals surface area contributed by atoms with Crippen molar-refractivity contribution in [3.63, 3.8) is 0 Å². The van der Waals surface area contributed by atoms with E-state index in [0.29, 0.717) is 0 Å². The number of aromatic nitrogens is 1. The Bertz CT molecular complexity index is 717. The second kappa shape index (κ2) is 7.79. The lowest BCUT2D eigenvalue weighted by molar-refractivity contribution is 0.0589. The number of carbonyl (C=O) groups excluding carboxylic acids is 1. The van der Waals surface area contributed by atoms with Gasteiger partial charge in [-0.25, -0.2) is 9.78 Å². The fraction of sp³-hybridized carbons (Fsp3) is 0.263. The van der Waals surface area contributed by atoms with E-state index >= 15 is 0 Å². The van der Waals surface area contributed by atoms with Gasteiger partial charge in [0.05, 0.1) is 0 Å². The molecule has 0 spiro atoms. The first-order valence-electron chi connectivity index (χ1n) is 7.61. The van der Waals surface area contributed by atoms with Crippen molar-refractivity contribution in [2.75, 3.05) is 11.9 Å². The molecule has 0 aliphatic heterocycles. The number of benzene rings is 1. The predicted octanol–water partition coefficient (Wildman–Crippen LogP) is 5.23. The van der Waals surface area contributed by atoms with Crippen LogP contribution in [-0.4, -0.2) is 23.7 Å². The van der Waals surface area contributed by atoms with Crippen molar-refractivity contribution >= 4 is 46.5 Å². The summed E-state index contributed by atoms with van der Waals surface area (Å²) in [7, 11) is 1.70. The minimum atomic E-state index is -0.504. The van der Waals surface area contributed by atoms with Gasteiger partial charge in [0.25, 0.3) is 0 Å². The number of ether oxygens (including phenoxy) is 1. The van der Waals surface area contributed by atoms with E-state index in [1.165, 1.54) is 4.90 Å². The van der Waals surface area contributed by atoms with E-state index in [9.17, 15) is 4.79 Å². The Kier molecular flexibility index (Phi) is 5.99. The van der Waals surface area contributed by atoms with E-state index < -0.39 is 5.60 Å². The van der Waals surface area contributed by atoms with Crippen LogP contribution in [0.1, 0.15) is 31.9 Å². The van der Waals surface area contributed by atoms with E-state index in [1.54, 1.807) is 7.05 Å². The fourth-order valence-corrected chi connectivity index (χ4v) is 2.24. The smallest absolute Gasteiger partial charge is 0.414 e. The molecule has 5 heteroatoms. The largest absolute Gasteiger partial charge is 0.443 e. The van der Waals surface area contributed by atoms with Crippen molar-refractivity contribution in [1.82, 2.24) is 4.98 Å². The molecule has 1 heterocycles. The molecule has 0 aliphatic rings. The summed E-state index contributed by atoms with van der Waals surface area (Å²) in [6.07, 6.45) is 5.50. The fourth-order valence-electron chi connectivity index (χ4n) is 1.92. The molecule has 2 rings (SSSR count). The zero-order valence-corrected chi connectivity index (χ0v) is 16.4. The lowest BCUT2D eigenvalue weighted by atomic mass is 10.1. The Morgan fingerprint density at radius 3 is 2.21 bits per heavy atom. The molecule has 0 aliphatic carbocycles. The summed E-state index contributed by atoms with van der Waals surface area (Å²) in [6, 6.07) is 11.7. The van der Waals surface area contributed by atoms with Gasteiger partial charge in [-0.1, -0.05) is 30.4 Å². The molecule has 126 valence electrons. The van der Waals surface area contributed by atoms with Crippen LogP contribution in [0.15, 0.2) is 42.6 Å². The molecular formula is C19H21IN2O2. The van der Waals surface area contributed by atoms with Crippen molar-refractivity contribution in [1.29, 1.82) is 0 Å². The van der Waals surface area contributed by atoms with Crippen LogP contribution in [0, 0.1) is 3.70 Å². The molecule has 0 unspecified atom stereocenters. The first-order valence-corrected chi connectivity index (χ1v) is 8.69. The third-order valence-corrected chi connectivity index (χ3v) is 3.80. The highest BCUT2D eigenvalue weighted by Gasteiger charge is 2.20. The van der Waals surface area contributed by atoms with Crippen LogP contribution < -0.4 is 4.90 Å². The van der Waals surface area contributed by atoms with Crippen molar-refractivity contribution < 1.29 is 9.53 Å². The van der Waals surface area contributed by atoms with Gasteiger partial charge < -0.3 is 4.74 Å². The van der Waals surface area contributed by atoms with Crippen LogP contribution in [-0.2, 0) is 4.74 Å². The normalized spacial score (nSPS) is 11.5. The van der Waals surface area contributed by atoms with Crippen LogP contribution in [0.2, 0.25) is 0 Å². The van der Waals surface area contributed by atoms with Crippen LogP contribution in [0.3, 0.4) is 0 Å².